The largest absolute Gasteiger partial charge is 0.491 e. The number of aromatic nitrogens is 2. The second-order valence-electron chi connectivity index (χ2n) is 9.95. The molecule has 41 heavy (non-hydrogen) atoms. The van der Waals surface area contributed by atoms with E-state index in [1.165, 1.54) is 5.56 Å². The highest BCUT2D eigenvalue weighted by Crippen LogP contribution is 2.55. The van der Waals surface area contributed by atoms with Crippen molar-refractivity contribution in [1.29, 1.82) is 0 Å². The fraction of sp³-hybridized carbons (Fsp3) is 0.379. The van der Waals surface area contributed by atoms with Crippen molar-refractivity contribution in [3.05, 3.63) is 70.9 Å². The minimum absolute atomic E-state index is 0.0227. The van der Waals surface area contributed by atoms with Crippen LogP contribution in [0, 0.1) is 13.8 Å². The maximum atomic E-state index is 13.5. The van der Waals surface area contributed by atoms with E-state index in [-0.39, 0.29) is 26.4 Å². The second kappa shape index (κ2) is 12.8. The number of alkyl halides is 2. The van der Waals surface area contributed by atoms with Crippen LogP contribution < -0.4 is 10.5 Å². The highest BCUT2D eigenvalue weighted by Gasteiger charge is 2.54. The molecule has 2 aromatic carbocycles. The molecule has 0 fully saturated rings. The summed E-state index contributed by atoms with van der Waals surface area (Å²) in [5.41, 5.74) is 7.97. The first-order valence-corrected chi connectivity index (χ1v) is 14.8. The molecular weight excluding hydrogens is 555 g/mol. The summed E-state index contributed by atoms with van der Waals surface area (Å²) in [6.07, 6.45) is 1.53. The fourth-order valence-electron chi connectivity index (χ4n) is 4.46. The fourth-order valence-corrected chi connectivity index (χ4v) is 5.01. The Bertz CT molecular complexity index is 1580. The maximum absolute atomic E-state index is 13.5. The third-order valence-electron chi connectivity index (χ3n) is 6.84. The zero-order chi connectivity index (χ0) is 29.8. The molecule has 4 aromatic rings. The Balaban J connectivity index is 1.25. The highest BCUT2D eigenvalue weighted by atomic mass is 31.2. The molecule has 0 aliphatic heterocycles. The molecule has 0 aliphatic rings. The highest BCUT2D eigenvalue weighted by molar-refractivity contribution is 7.53. The van der Waals surface area contributed by atoms with Crippen LogP contribution in [0.5, 0.6) is 5.75 Å². The zero-order valence-electron chi connectivity index (χ0n) is 23.1. The van der Waals surface area contributed by atoms with Crippen molar-refractivity contribution in [2.45, 2.75) is 45.4 Å². The lowest BCUT2D eigenvalue weighted by Crippen LogP contribution is -2.34. The maximum Gasteiger partial charge on any atom is 0.397 e. The van der Waals surface area contributed by atoms with Gasteiger partial charge in [-0.15, -0.1) is 0 Å². The van der Waals surface area contributed by atoms with Gasteiger partial charge in [0.1, 0.15) is 24.0 Å². The van der Waals surface area contributed by atoms with Crippen LogP contribution in [-0.4, -0.2) is 57.9 Å². The molecule has 4 N–H and O–H groups in total. The molecule has 1 unspecified atom stereocenters. The van der Waals surface area contributed by atoms with Gasteiger partial charge in [-0.05, 0) is 80.1 Å². The lowest BCUT2D eigenvalue weighted by atomic mass is 9.99. The van der Waals surface area contributed by atoms with Crippen molar-refractivity contribution in [2.24, 2.45) is 0 Å². The van der Waals surface area contributed by atoms with Crippen LogP contribution in [0.4, 0.5) is 14.6 Å². The predicted molar refractivity (Wildman–Crippen MR) is 153 cm³/mol. The minimum Gasteiger partial charge on any atom is -0.491 e. The average molecular weight is 590 g/mol. The molecule has 0 spiro atoms. The number of pyridine rings is 2. The lowest BCUT2D eigenvalue weighted by molar-refractivity contribution is -0.0975. The Hall–Kier alpha value is -3.21. The average Bonchev–Trinajstić information content (AvgIpc) is 2.91. The van der Waals surface area contributed by atoms with Crippen molar-refractivity contribution >= 4 is 35.2 Å². The molecule has 12 heteroatoms. The SMILES string of the molecule is Cc1ccc2c(c1)nc(N)c1ncc(CCc3ccc(OCCOCCOC(C)C(F)(F)P(=O)(O)O)cc3C)cc12. The zero-order valence-corrected chi connectivity index (χ0v) is 24.0. The molecule has 9 nitrogen and oxygen atoms in total. The van der Waals surface area contributed by atoms with E-state index in [9.17, 15) is 13.3 Å². The Kier molecular flexibility index (Phi) is 9.56. The molecule has 220 valence electrons. The number of benzene rings is 2. The number of nitrogens with two attached hydrogens (primary N) is 1. The van der Waals surface area contributed by atoms with E-state index in [2.05, 4.69) is 28.2 Å². The van der Waals surface area contributed by atoms with E-state index in [0.717, 1.165) is 52.7 Å². The number of fused-ring (bicyclic) bond motifs is 3. The summed E-state index contributed by atoms with van der Waals surface area (Å²) in [5.74, 6) is 1.10. The number of aryl methyl sites for hydroxylation is 4. The Morgan fingerprint density at radius 1 is 1.00 bits per heavy atom. The molecule has 0 bridgehead atoms. The Labute approximate surface area is 236 Å². The third-order valence-corrected chi connectivity index (χ3v) is 7.98. The molecule has 0 radical (unpaired) electrons. The van der Waals surface area contributed by atoms with E-state index in [1.54, 1.807) is 0 Å². The third kappa shape index (κ3) is 7.36. The molecule has 4 rings (SSSR count). The summed E-state index contributed by atoms with van der Waals surface area (Å²) in [4.78, 5) is 26.6. The molecule has 0 aliphatic carbocycles. The summed E-state index contributed by atoms with van der Waals surface area (Å²) in [5, 5.41) is 2.02. The van der Waals surface area contributed by atoms with E-state index < -0.39 is 19.4 Å². The number of ether oxygens (including phenoxy) is 3. The predicted octanol–water partition coefficient (Wildman–Crippen LogP) is 5.34. The standard InChI is InChI=1S/C29H34F2N3O6P/c1-18-4-9-24-25-16-21(17-33-27(25)28(32)34-26(24)14-18)5-6-22-7-8-23(15-19(22)2)40-13-11-38-10-12-39-20(3)29(30,31)41(35,36)37/h4,7-9,14-17,20H,5-6,10-13H2,1-3H3,(H2,32,34)(H2,35,36,37). The number of hydrogen-bond donors (Lipinski definition) is 3. The van der Waals surface area contributed by atoms with Crippen LogP contribution in [0.15, 0.2) is 48.7 Å². The quantitative estimate of drug-likeness (QED) is 0.107. The number of hydrogen-bond acceptors (Lipinski definition) is 7. The number of halogens is 2. The second-order valence-corrected chi connectivity index (χ2v) is 11.6. The molecule has 0 saturated heterocycles. The van der Waals surface area contributed by atoms with E-state index in [1.807, 2.05) is 44.3 Å². The van der Waals surface area contributed by atoms with Gasteiger partial charge in [-0.3, -0.25) is 9.55 Å². The molecule has 0 amide bonds. The van der Waals surface area contributed by atoms with Gasteiger partial charge >= 0.3 is 13.3 Å². The van der Waals surface area contributed by atoms with Gasteiger partial charge in [0.05, 0.1) is 25.3 Å². The normalized spacial score (nSPS) is 13.1. The van der Waals surface area contributed by atoms with Gasteiger partial charge < -0.3 is 29.7 Å². The van der Waals surface area contributed by atoms with Crippen molar-refractivity contribution < 1.29 is 37.3 Å². The smallest absolute Gasteiger partial charge is 0.397 e. The Morgan fingerprint density at radius 2 is 1.76 bits per heavy atom. The number of anilines is 1. The molecule has 2 aromatic heterocycles. The lowest BCUT2D eigenvalue weighted by Gasteiger charge is -2.24. The van der Waals surface area contributed by atoms with Gasteiger partial charge in [-0.25, -0.2) is 4.98 Å². The molecule has 1 atom stereocenters. The van der Waals surface area contributed by atoms with Gasteiger partial charge in [-0.2, -0.15) is 8.78 Å². The number of nitrogens with zero attached hydrogens (tertiary/aromatic N) is 2. The van der Waals surface area contributed by atoms with Crippen LogP contribution in [0.25, 0.3) is 21.8 Å². The van der Waals surface area contributed by atoms with Crippen LogP contribution in [0.2, 0.25) is 0 Å². The van der Waals surface area contributed by atoms with Crippen LogP contribution >= 0.6 is 7.60 Å². The van der Waals surface area contributed by atoms with E-state index in [0.29, 0.717) is 17.1 Å². The summed E-state index contributed by atoms with van der Waals surface area (Å²) in [6, 6.07) is 14.1. The molecule has 2 heterocycles. The topological polar surface area (TPSA) is 137 Å². The summed E-state index contributed by atoms with van der Waals surface area (Å²) in [7, 11) is -5.60. The summed E-state index contributed by atoms with van der Waals surface area (Å²) in [6.45, 7) is 5.12. The van der Waals surface area contributed by atoms with Crippen LogP contribution in [0.1, 0.15) is 29.2 Å². The summed E-state index contributed by atoms with van der Waals surface area (Å²) < 4.78 is 53.7. The minimum atomic E-state index is -5.60. The van der Waals surface area contributed by atoms with Crippen molar-refractivity contribution in [3.63, 3.8) is 0 Å². The van der Waals surface area contributed by atoms with Crippen molar-refractivity contribution in [3.8, 4) is 5.75 Å². The first kappa shape index (κ1) is 30.7. The Morgan fingerprint density at radius 3 is 2.49 bits per heavy atom. The van der Waals surface area contributed by atoms with E-state index >= 15 is 0 Å². The first-order valence-electron chi connectivity index (χ1n) is 13.2. The number of nitrogen functional groups attached to an aromatic ring is 1. The van der Waals surface area contributed by atoms with Gasteiger partial charge in [-0.1, -0.05) is 18.2 Å². The first-order chi connectivity index (χ1) is 19.4. The van der Waals surface area contributed by atoms with Gasteiger partial charge in [0.2, 0.25) is 0 Å². The van der Waals surface area contributed by atoms with Crippen LogP contribution in [0.3, 0.4) is 0 Å². The monoisotopic (exact) mass is 589 g/mol. The van der Waals surface area contributed by atoms with Crippen molar-refractivity contribution in [2.75, 3.05) is 32.2 Å². The molecule has 0 saturated carbocycles. The summed E-state index contributed by atoms with van der Waals surface area (Å²) >= 11 is 0. The van der Waals surface area contributed by atoms with E-state index in [4.69, 9.17) is 29.7 Å². The van der Waals surface area contributed by atoms with Gasteiger partial charge in [0, 0.05) is 17.0 Å². The van der Waals surface area contributed by atoms with Crippen molar-refractivity contribution in [1.82, 2.24) is 9.97 Å². The molecular formula is C29H34F2N3O6P. The van der Waals surface area contributed by atoms with Gasteiger partial charge in [0.25, 0.3) is 0 Å². The van der Waals surface area contributed by atoms with Gasteiger partial charge in [0.15, 0.2) is 5.82 Å². The number of rotatable bonds is 13. The van der Waals surface area contributed by atoms with Crippen LogP contribution in [-0.2, 0) is 26.9 Å².